The molecular formula is C13H11N3O3S2. The standard InChI is InChI=1S/C13H11N3O3S2/c17-8-10-3-5-11(6-4-10)21(18,19)16-9-14-13(15-16)12-2-1-7-20-12/h1-7,9,17H,8H2. The third-order valence-electron chi connectivity index (χ3n) is 2.86. The summed E-state index contributed by atoms with van der Waals surface area (Å²) < 4.78 is 25.7. The zero-order chi connectivity index (χ0) is 14.9. The second-order valence-corrected chi connectivity index (χ2v) is 6.97. The number of aromatic nitrogens is 3. The molecule has 0 aliphatic heterocycles. The van der Waals surface area contributed by atoms with E-state index in [1.54, 1.807) is 12.1 Å². The molecule has 1 aromatic carbocycles. The number of rotatable bonds is 4. The van der Waals surface area contributed by atoms with Crippen LogP contribution in [-0.4, -0.2) is 27.7 Å². The summed E-state index contributed by atoms with van der Waals surface area (Å²) in [5.74, 6) is 0.376. The van der Waals surface area contributed by atoms with Gasteiger partial charge in [-0.3, -0.25) is 0 Å². The Balaban J connectivity index is 1.98. The molecule has 3 aromatic rings. The van der Waals surface area contributed by atoms with Crippen molar-refractivity contribution in [1.82, 2.24) is 14.2 Å². The highest BCUT2D eigenvalue weighted by atomic mass is 32.2. The van der Waals surface area contributed by atoms with Crippen LogP contribution in [0.25, 0.3) is 10.7 Å². The van der Waals surface area contributed by atoms with Gasteiger partial charge >= 0.3 is 0 Å². The van der Waals surface area contributed by atoms with Gasteiger partial charge in [0.05, 0.1) is 16.4 Å². The molecular weight excluding hydrogens is 310 g/mol. The number of aliphatic hydroxyl groups excluding tert-OH is 1. The van der Waals surface area contributed by atoms with E-state index >= 15 is 0 Å². The van der Waals surface area contributed by atoms with Crippen molar-refractivity contribution in [1.29, 1.82) is 0 Å². The summed E-state index contributed by atoms with van der Waals surface area (Å²) in [4.78, 5) is 4.93. The Kier molecular flexibility index (Phi) is 3.58. The normalized spacial score (nSPS) is 11.7. The Morgan fingerprint density at radius 2 is 1.95 bits per heavy atom. The van der Waals surface area contributed by atoms with Crippen molar-refractivity contribution in [3.8, 4) is 10.7 Å². The minimum atomic E-state index is -3.77. The highest BCUT2D eigenvalue weighted by molar-refractivity contribution is 7.89. The van der Waals surface area contributed by atoms with E-state index in [9.17, 15) is 8.42 Å². The highest BCUT2D eigenvalue weighted by Crippen LogP contribution is 2.21. The van der Waals surface area contributed by atoms with Crippen LogP contribution in [-0.2, 0) is 16.6 Å². The molecule has 0 aliphatic carbocycles. The predicted molar refractivity (Wildman–Crippen MR) is 78.3 cm³/mol. The first-order chi connectivity index (χ1) is 10.1. The average Bonchev–Trinajstić information content (AvgIpc) is 3.18. The van der Waals surface area contributed by atoms with Crippen LogP contribution < -0.4 is 0 Å². The maximum absolute atomic E-state index is 12.4. The maximum atomic E-state index is 12.4. The van der Waals surface area contributed by atoms with Gasteiger partial charge in [0.1, 0.15) is 6.33 Å². The fraction of sp³-hybridized carbons (Fsp3) is 0.0769. The molecule has 6 nitrogen and oxygen atoms in total. The van der Waals surface area contributed by atoms with Crippen LogP contribution in [0.3, 0.4) is 0 Å². The van der Waals surface area contributed by atoms with E-state index < -0.39 is 10.0 Å². The summed E-state index contributed by atoms with van der Waals surface area (Å²) in [6, 6.07) is 9.67. The van der Waals surface area contributed by atoms with Crippen molar-refractivity contribution >= 4 is 21.4 Å². The first kappa shape index (κ1) is 13.9. The number of hydrogen-bond donors (Lipinski definition) is 1. The maximum Gasteiger partial charge on any atom is 0.284 e. The van der Waals surface area contributed by atoms with Gasteiger partial charge in [0.2, 0.25) is 0 Å². The van der Waals surface area contributed by atoms with Gasteiger partial charge in [0.25, 0.3) is 10.0 Å². The minimum Gasteiger partial charge on any atom is -0.392 e. The van der Waals surface area contributed by atoms with Crippen LogP contribution in [0.15, 0.2) is 53.0 Å². The summed E-state index contributed by atoms with van der Waals surface area (Å²) in [6.45, 7) is -0.133. The van der Waals surface area contributed by atoms with Crippen molar-refractivity contribution in [3.05, 3.63) is 53.7 Å². The quantitative estimate of drug-likeness (QED) is 0.791. The number of nitrogens with zero attached hydrogens (tertiary/aromatic N) is 3. The van der Waals surface area contributed by atoms with Gasteiger partial charge in [-0.1, -0.05) is 18.2 Å². The second-order valence-electron chi connectivity index (χ2n) is 4.23. The Labute approximate surface area is 125 Å². The van der Waals surface area contributed by atoms with Gasteiger partial charge < -0.3 is 5.11 Å². The van der Waals surface area contributed by atoms with E-state index in [1.807, 2.05) is 17.5 Å². The number of hydrogen-bond acceptors (Lipinski definition) is 6. The SMILES string of the molecule is O=S(=O)(c1ccc(CO)cc1)n1cnc(-c2cccs2)n1. The lowest BCUT2D eigenvalue weighted by Gasteiger charge is -2.04. The average molecular weight is 321 g/mol. The van der Waals surface area contributed by atoms with Gasteiger partial charge in [-0.05, 0) is 29.1 Å². The van der Waals surface area contributed by atoms with Crippen LogP contribution in [0, 0.1) is 0 Å². The lowest BCUT2D eigenvalue weighted by Crippen LogP contribution is -2.13. The molecule has 3 rings (SSSR count). The van der Waals surface area contributed by atoms with Crippen molar-refractivity contribution in [2.75, 3.05) is 0 Å². The molecule has 0 unspecified atom stereocenters. The van der Waals surface area contributed by atoms with Gasteiger partial charge in [0, 0.05) is 0 Å². The van der Waals surface area contributed by atoms with E-state index in [4.69, 9.17) is 5.11 Å². The van der Waals surface area contributed by atoms with Crippen LogP contribution in [0.4, 0.5) is 0 Å². The Bertz CT molecular complexity index is 837. The van der Waals surface area contributed by atoms with Crippen molar-refractivity contribution < 1.29 is 13.5 Å². The van der Waals surface area contributed by atoms with E-state index in [2.05, 4.69) is 10.1 Å². The molecule has 1 N–H and O–H groups in total. The minimum absolute atomic E-state index is 0.0994. The molecule has 0 radical (unpaired) electrons. The van der Waals surface area contributed by atoms with E-state index in [0.717, 1.165) is 8.96 Å². The summed E-state index contributed by atoms with van der Waals surface area (Å²) in [5.41, 5.74) is 0.645. The third-order valence-corrected chi connectivity index (χ3v) is 5.27. The molecule has 2 aromatic heterocycles. The summed E-state index contributed by atoms with van der Waals surface area (Å²) in [6.07, 6.45) is 1.18. The molecule has 0 bridgehead atoms. The topological polar surface area (TPSA) is 85.1 Å². The Morgan fingerprint density at radius 3 is 2.57 bits per heavy atom. The second kappa shape index (κ2) is 5.40. The molecule has 2 heterocycles. The zero-order valence-electron chi connectivity index (χ0n) is 10.7. The lowest BCUT2D eigenvalue weighted by molar-refractivity contribution is 0.282. The molecule has 0 saturated heterocycles. The number of aliphatic hydroxyl groups is 1. The van der Waals surface area contributed by atoms with Crippen LogP contribution in [0.1, 0.15) is 5.56 Å². The Hall–Kier alpha value is -2.03. The summed E-state index contributed by atoms with van der Waals surface area (Å²) >= 11 is 1.44. The predicted octanol–water partition coefficient (Wildman–Crippen LogP) is 1.74. The summed E-state index contributed by atoms with van der Waals surface area (Å²) in [7, 11) is -3.77. The van der Waals surface area contributed by atoms with Crippen LogP contribution in [0.2, 0.25) is 0 Å². The smallest absolute Gasteiger partial charge is 0.284 e. The number of benzene rings is 1. The van der Waals surface area contributed by atoms with Gasteiger partial charge in [-0.15, -0.1) is 20.5 Å². The molecule has 0 amide bonds. The first-order valence-corrected chi connectivity index (χ1v) is 8.34. The fourth-order valence-electron chi connectivity index (χ4n) is 1.76. The largest absolute Gasteiger partial charge is 0.392 e. The van der Waals surface area contributed by atoms with Crippen molar-refractivity contribution in [2.24, 2.45) is 0 Å². The fourth-order valence-corrected chi connectivity index (χ4v) is 3.47. The zero-order valence-corrected chi connectivity index (χ0v) is 12.4. The van der Waals surface area contributed by atoms with Crippen LogP contribution >= 0.6 is 11.3 Å². The molecule has 0 aliphatic rings. The molecule has 108 valence electrons. The van der Waals surface area contributed by atoms with Gasteiger partial charge in [-0.25, -0.2) is 4.98 Å². The van der Waals surface area contributed by atoms with Crippen LogP contribution in [0.5, 0.6) is 0 Å². The van der Waals surface area contributed by atoms with Gasteiger partial charge in [-0.2, -0.15) is 8.42 Å². The van der Waals surface area contributed by atoms with Crippen molar-refractivity contribution in [2.45, 2.75) is 11.5 Å². The first-order valence-electron chi connectivity index (χ1n) is 6.02. The van der Waals surface area contributed by atoms with Crippen molar-refractivity contribution in [3.63, 3.8) is 0 Å². The molecule has 0 fully saturated rings. The molecule has 0 saturated carbocycles. The molecule has 0 spiro atoms. The lowest BCUT2D eigenvalue weighted by atomic mass is 10.2. The summed E-state index contributed by atoms with van der Waals surface area (Å²) in [5, 5.41) is 14.9. The third kappa shape index (κ3) is 2.60. The molecule has 8 heteroatoms. The highest BCUT2D eigenvalue weighted by Gasteiger charge is 2.19. The van der Waals surface area contributed by atoms with Gasteiger partial charge in [0.15, 0.2) is 5.82 Å². The van der Waals surface area contributed by atoms with E-state index in [1.165, 1.54) is 29.8 Å². The molecule has 21 heavy (non-hydrogen) atoms. The monoisotopic (exact) mass is 321 g/mol. The Morgan fingerprint density at radius 1 is 1.19 bits per heavy atom. The molecule has 0 atom stereocenters. The number of thiophene rings is 1. The van der Waals surface area contributed by atoms with E-state index in [-0.39, 0.29) is 11.5 Å². The van der Waals surface area contributed by atoms with E-state index in [0.29, 0.717) is 11.4 Å².